The summed E-state index contributed by atoms with van der Waals surface area (Å²) in [6.07, 6.45) is 4.50. The minimum Gasteiger partial charge on any atom is -0.475 e. The molecule has 0 radical (unpaired) electrons. The fraction of sp³-hybridized carbons (Fsp3) is 0.240. The van der Waals surface area contributed by atoms with Crippen molar-refractivity contribution in [1.82, 2.24) is 19.9 Å². The van der Waals surface area contributed by atoms with Gasteiger partial charge in [-0.3, -0.25) is 4.79 Å². The van der Waals surface area contributed by atoms with Crippen molar-refractivity contribution in [2.75, 3.05) is 42.4 Å². The van der Waals surface area contributed by atoms with E-state index in [0.717, 1.165) is 5.56 Å². The zero-order chi connectivity index (χ0) is 25.5. The molecule has 0 saturated heterocycles. The highest BCUT2D eigenvalue weighted by molar-refractivity contribution is 6.03. The predicted molar refractivity (Wildman–Crippen MR) is 136 cm³/mol. The molecule has 2 aromatic heterocycles. The molecule has 0 aliphatic carbocycles. The summed E-state index contributed by atoms with van der Waals surface area (Å²) >= 11 is 0. The fourth-order valence-corrected chi connectivity index (χ4v) is 3.56. The highest BCUT2D eigenvalue weighted by Crippen LogP contribution is 2.35. The fourth-order valence-electron chi connectivity index (χ4n) is 3.56. The van der Waals surface area contributed by atoms with Gasteiger partial charge in [-0.2, -0.15) is 4.98 Å². The number of ether oxygens (including phenoxy) is 2. The van der Waals surface area contributed by atoms with E-state index in [1.54, 1.807) is 60.8 Å². The molecule has 3 aromatic rings. The van der Waals surface area contributed by atoms with Crippen LogP contribution in [0.15, 0.2) is 61.4 Å². The van der Waals surface area contributed by atoms with Crippen molar-refractivity contribution in [3.8, 4) is 5.88 Å². The number of methoxy groups -OCH3 is 1. The largest absolute Gasteiger partial charge is 0.475 e. The average molecular weight is 490 g/mol. The van der Waals surface area contributed by atoms with Crippen molar-refractivity contribution >= 4 is 40.8 Å². The van der Waals surface area contributed by atoms with Crippen LogP contribution in [0.4, 0.5) is 33.6 Å². The molecule has 11 heteroatoms. The Hall–Kier alpha value is -4.51. The Morgan fingerprint density at radius 3 is 2.75 bits per heavy atom. The molecule has 0 atom stereocenters. The molecule has 2 N–H and O–H groups in total. The maximum absolute atomic E-state index is 13.4. The van der Waals surface area contributed by atoms with Gasteiger partial charge in [-0.15, -0.1) is 0 Å². The first-order valence-corrected chi connectivity index (χ1v) is 11.4. The number of nitrogens with one attached hydrogen (secondary N) is 2. The lowest BCUT2D eigenvalue weighted by Crippen LogP contribution is -2.45. The number of rotatable bonds is 10. The van der Waals surface area contributed by atoms with Crippen molar-refractivity contribution in [3.05, 3.63) is 67.0 Å². The van der Waals surface area contributed by atoms with Crippen LogP contribution in [0.2, 0.25) is 0 Å². The lowest BCUT2D eigenvalue weighted by atomic mass is 10.2. The molecule has 0 bridgehead atoms. The molecular formula is C25H27N7O4. The number of carbonyl (C=O) groups excluding carboxylic acids is 2. The number of nitrogens with zero attached hydrogens (tertiary/aromatic N) is 5. The molecule has 0 spiro atoms. The zero-order valence-corrected chi connectivity index (χ0v) is 20.1. The van der Waals surface area contributed by atoms with Crippen LogP contribution in [0, 0.1) is 0 Å². The molecule has 3 amide bonds. The quantitative estimate of drug-likeness (QED) is 0.325. The minimum atomic E-state index is -0.342. The number of anilines is 5. The molecular weight excluding hydrogens is 462 g/mol. The van der Waals surface area contributed by atoms with E-state index in [1.807, 2.05) is 6.92 Å². The number of fused-ring (bicyclic) bond motifs is 1. The predicted octanol–water partition coefficient (Wildman–Crippen LogP) is 3.86. The Morgan fingerprint density at radius 1 is 1.17 bits per heavy atom. The summed E-state index contributed by atoms with van der Waals surface area (Å²) in [5.74, 6) is 0.901. The molecule has 11 nitrogen and oxygen atoms in total. The first-order valence-electron chi connectivity index (χ1n) is 11.4. The summed E-state index contributed by atoms with van der Waals surface area (Å²) in [4.78, 5) is 41.7. The maximum atomic E-state index is 13.4. The zero-order valence-electron chi connectivity index (χ0n) is 20.1. The SMILES string of the molecule is C=CC(=O)Nc1cccc(N2C(=O)N(CC)Cc3cnc(Nc4ccc(OCCOC)nc4)nc32)c1. The second kappa shape index (κ2) is 11.3. The van der Waals surface area contributed by atoms with Gasteiger partial charge < -0.3 is 25.0 Å². The monoisotopic (exact) mass is 489 g/mol. The van der Waals surface area contributed by atoms with Gasteiger partial charge in [0, 0.05) is 37.2 Å². The van der Waals surface area contributed by atoms with Crippen LogP contribution in [-0.4, -0.2) is 58.7 Å². The molecule has 1 aliphatic heterocycles. The lowest BCUT2D eigenvalue weighted by Gasteiger charge is -2.35. The molecule has 3 heterocycles. The van der Waals surface area contributed by atoms with Crippen molar-refractivity contribution in [2.24, 2.45) is 0 Å². The molecule has 36 heavy (non-hydrogen) atoms. The van der Waals surface area contributed by atoms with Crippen LogP contribution in [0.25, 0.3) is 0 Å². The van der Waals surface area contributed by atoms with Crippen LogP contribution >= 0.6 is 0 Å². The Morgan fingerprint density at radius 2 is 2.03 bits per heavy atom. The molecule has 1 aliphatic rings. The number of aromatic nitrogens is 3. The summed E-state index contributed by atoms with van der Waals surface area (Å²) in [6, 6.07) is 10.3. The summed E-state index contributed by atoms with van der Waals surface area (Å²) in [5.41, 5.74) is 2.55. The highest BCUT2D eigenvalue weighted by Gasteiger charge is 2.32. The first kappa shape index (κ1) is 24.6. The summed E-state index contributed by atoms with van der Waals surface area (Å²) in [7, 11) is 1.61. The van der Waals surface area contributed by atoms with E-state index in [1.165, 1.54) is 11.0 Å². The Bertz CT molecular complexity index is 1250. The Labute approximate surface area is 208 Å². The van der Waals surface area contributed by atoms with Crippen LogP contribution in [-0.2, 0) is 16.1 Å². The molecule has 0 fully saturated rings. The van der Waals surface area contributed by atoms with Gasteiger partial charge in [-0.25, -0.2) is 19.7 Å². The number of hydrogen-bond donors (Lipinski definition) is 2. The van der Waals surface area contributed by atoms with E-state index >= 15 is 0 Å². The summed E-state index contributed by atoms with van der Waals surface area (Å²) in [6.45, 7) is 7.17. The van der Waals surface area contributed by atoms with E-state index in [2.05, 4.69) is 32.2 Å². The average Bonchev–Trinajstić information content (AvgIpc) is 2.89. The third kappa shape index (κ3) is 5.58. The van der Waals surface area contributed by atoms with Gasteiger partial charge >= 0.3 is 6.03 Å². The van der Waals surface area contributed by atoms with Gasteiger partial charge in [0.1, 0.15) is 6.61 Å². The number of benzene rings is 1. The first-order chi connectivity index (χ1) is 17.5. The van der Waals surface area contributed by atoms with Crippen molar-refractivity contribution in [1.29, 1.82) is 0 Å². The van der Waals surface area contributed by atoms with Crippen molar-refractivity contribution < 1.29 is 19.1 Å². The highest BCUT2D eigenvalue weighted by atomic mass is 16.5. The molecule has 1 aromatic carbocycles. The minimum absolute atomic E-state index is 0.221. The van der Waals surface area contributed by atoms with E-state index < -0.39 is 0 Å². The number of hydrogen-bond acceptors (Lipinski definition) is 8. The molecule has 4 rings (SSSR count). The van der Waals surface area contributed by atoms with E-state index in [0.29, 0.717) is 61.0 Å². The topological polar surface area (TPSA) is 122 Å². The van der Waals surface area contributed by atoms with Crippen LogP contribution in [0.5, 0.6) is 5.88 Å². The smallest absolute Gasteiger partial charge is 0.330 e. The molecule has 0 saturated carbocycles. The summed E-state index contributed by atoms with van der Waals surface area (Å²) in [5, 5.41) is 5.84. The van der Waals surface area contributed by atoms with Gasteiger partial charge in [-0.05, 0) is 37.3 Å². The van der Waals surface area contributed by atoms with Crippen molar-refractivity contribution in [3.63, 3.8) is 0 Å². The summed E-state index contributed by atoms with van der Waals surface area (Å²) < 4.78 is 10.5. The van der Waals surface area contributed by atoms with Gasteiger partial charge in [0.15, 0.2) is 5.82 Å². The normalized spacial score (nSPS) is 12.7. The van der Waals surface area contributed by atoms with Crippen molar-refractivity contribution in [2.45, 2.75) is 13.5 Å². The third-order valence-corrected chi connectivity index (χ3v) is 5.35. The molecule has 186 valence electrons. The van der Waals surface area contributed by atoms with Gasteiger partial charge in [-0.1, -0.05) is 12.6 Å². The standard InChI is InChI=1S/C25H27N7O4/c1-4-21(33)28-18-7-6-8-20(13-18)32-23-17(16-31(5-2)25(32)34)14-27-24(30-23)29-19-9-10-22(26-15-19)36-12-11-35-3/h4,6-10,13-15H,1,5,11-12,16H2,2-3H3,(H,28,33)(H,27,29,30). The van der Waals surface area contributed by atoms with Gasteiger partial charge in [0.05, 0.1) is 30.7 Å². The van der Waals surface area contributed by atoms with E-state index in [-0.39, 0.29) is 11.9 Å². The number of carbonyl (C=O) groups is 2. The Balaban J connectivity index is 1.62. The maximum Gasteiger partial charge on any atom is 0.330 e. The van der Waals surface area contributed by atoms with E-state index in [4.69, 9.17) is 9.47 Å². The third-order valence-electron chi connectivity index (χ3n) is 5.35. The number of amides is 3. The van der Waals surface area contributed by atoms with Crippen LogP contribution in [0.3, 0.4) is 0 Å². The number of pyridine rings is 1. The van der Waals surface area contributed by atoms with Crippen LogP contribution in [0.1, 0.15) is 12.5 Å². The van der Waals surface area contributed by atoms with Gasteiger partial charge in [0.25, 0.3) is 0 Å². The second-order valence-corrected chi connectivity index (χ2v) is 7.77. The number of urea groups is 1. The van der Waals surface area contributed by atoms with Gasteiger partial charge in [0.2, 0.25) is 17.7 Å². The van der Waals surface area contributed by atoms with Crippen LogP contribution < -0.4 is 20.3 Å². The molecule has 0 unspecified atom stereocenters. The van der Waals surface area contributed by atoms with E-state index in [9.17, 15) is 9.59 Å². The second-order valence-electron chi connectivity index (χ2n) is 7.77. The lowest BCUT2D eigenvalue weighted by molar-refractivity contribution is -0.111. The Kier molecular flexibility index (Phi) is 7.71.